The zero-order chi connectivity index (χ0) is 17.4. The highest BCUT2D eigenvalue weighted by Crippen LogP contribution is 2.35. The van der Waals surface area contributed by atoms with E-state index in [1.165, 1.54) is 23.7 Å². The molecule has 8 heteroatoms. The smallest absolute Gasteiger partial charge is 0.295 e. The maximum absolute atomic E-state index is 12.2. The Labute approximate surface area is 137 Å². The largest absolute Gasteiger partial charge is 0.494 e. The molecule has 2 N–H and O–H groups in total. The topological polar surface area (TPSA) is 113 Å². The zero-order valence-corrected chi connectivity index (χ0v) is 13.3. The molecule has 0 fully saturated rings. The van der Waals surface area contributed by atoms with Crippen LogP contribution < -0.4 is 0 Å². The van der Waals surface area contributed by atoms with E-state index in [-0.39, 0.29) is 23.3 Å². The van der Waals surface area contributed by atoms with E-state index in [0.717, 1.165) is 11.4 Å². The second-order valence-electron chi connectivity index (χ2n) is 5.42. The summed E-state index contributed by atoms with van der Waals surface area (Å²) in [6.07, 6.45) is 0. The molecule has 0 spiro atoms. The monoisotopic (exact) mass is 325 g/mol. The maximum Gasteiger partial charge on any atom is 0.295 e. The van der Waals surface area contributed by atoms with E-state index < -0.39 is 5.91 Å². The number of carbonyl (C=O) groups is 1. The van der Waals surface area contributed by atoms with Gasteiger partial charge in [0.1, 0.15) is 0 Å². The van der Waals surface area contributed by atoms with Crippen molar-refractivity contribution in [1.82, 2.24) is 14.5 Å². The number of aryl methyl sites for hydroxylation is 2. The summed E-state index contributed by atoms with van der Waals surface area (Å²) in [7, 11) is 1.52. The maximum atomic E-state index is 12.2. The van der Waals surface area contributed by atoms with E-state index in [2.05, 4.69) is 20.2 Å². The molecule has 0 unspecified atom stereocenters. The van der Waals surface area contributed by atoms with Crippen LogP contribution in [-0.2, 0) is 7.05 Å². The first-order valence-electron chi connectivity index (χ1n) is 7.15. The number of hydrogen-bond donors (Lipinski definition) is 2. The van der Waals surface area contributed by atoms with E-state index in [0.29, 0.717) is 10.8 Å². The van der Waals surface area contributed by atoms with E-state index in [4.69, 9.17) is 0 Å². The zero-order valence-electron chi connectivity index (χ0n) is 13.3. The summed E-state index contributed by atoms with van der Waals surface area (Å²) in [6.45, 7) is 3.60. The highest BCUT2D eigenvalue weighted by molar-refractivity contribution is 6.01. The summed E-state index contributed by atoms with van der Waals surface area (Å²) in [4.78, 5) is 20.3. The Kier molecular flexibility index (Phi) is 3.72. The van der Waals surface area contributed by atoms with Gasteiger partial charge in [0.05, 0.1) is 0 Å². The van der Waals surface area contributed by atoms with Gasteiger partial charge in [0, 0.05) is 34.8 Å². The van der Waals surface area contributed by atoms with Gasteiger partial charge in [-0.3, -0.25) is 9.36 Å². The quantitative estimate of drug-likeness (QED) is 0.703. The minimum Gasteiger partial charge on any atom is -0.494 e. The van der Waals surface area contributed by atoms with Crippen LogP contribution >= 0.6 is 0 Å². The van der Waals surface area contributed by atoms with Gasteiger partial charge in [-0.15, -0.1) is 10.2 Å². The van der Waals surface area contributed by atoms with Gasteiger partial charge in [-0.25, -0.2) is 9.97 Å². The Morgan fingerprint density at radius 1 is 1.04 bits per heavy atom. The number of rotatable bonds is 2. The fourth-order valence-corrected chi connectivity index (χ4v) is 2.42. The molecular weight excluding hydrogens is 310 g/mol. The molecule has 8 nitrogen and oxygen atoms in total. The first-order chi connectivity index (χ1) is 11.4. The predicted octanol–water partition coefficient (Wildman–Crippen LogP) is 2.92. The second kappa shape index (κ2) is 5.73. The molecule has 2 aromatic heterocycles. The van der Waals surface area contributed by atoms with Crippen molar-refractivity contribution in [2.75, 3.05) is 0 Å². The molecule has 3 aromatic rings. The van der Waals surface area contributed by atoms with Crippen molar-refractivity contribution in [3.05, 3.63) is 41.2 Å². The summed E-state index contributed by atoms with van der Waals surface area (Å²) < 4.78 is 1.23. The lowest BCUT2D eigenvalue weighted by Gasteiger charge is -1.98. The molecule has 0 saturated carbocycles. The minimum atomic E-state index is -0.595. The third-order valence-electron chi connectivity index (χ3n) is 3.58. The molecule has 122 valence electrons. The number of carbonyl (C=O) groups excluding carboxylic acids is 1. The van der Waals surface area contributed by atoms with Crippen molar-refractivity contribution in [3.63, 3.8) is 0 Å². The van der Waals surface area contributed by atoms with Gasteiger partial charge in [-0.2, -0.15) is 0 Å². The minimum absolute atomic E-state index is 0.0771. The SMILES string of the molecule is Cc1cc(C)nc(N=NC(=O)c2ccc3c(O)n(C)c(O)c3c2)n1. The molecule has 24 heavy (non-hydrogen) atoms. The molecule has 1 amide bonds. The molecule has 2 heterocycles. The van der Waals surface area contributed by atoms with Gasteiger partial charge in [0.2, 0.25) is 11.8 Å². The van der Waals surface area contributed by atoms with E-state index in [9.17, 15) is 15.0 Å². The summed E-state index contributed by atoms with van der Waals surface area (Å²) in [5, 5.41) is 28.0. The van der Waals surface area contributed by atoms with Crippen LogP contribution in [0.5, 0.6) is 11.8 Å². The normalized spacial score (nSPS) is 11.5. The number of azo groups is 1. The standard InChI is InChI=1S/C16H15N5O3/c1-8-6-9(2)18-16(17-8)20-19-13(22)10-4-5-11-12(7-10)15(24)21(3)14(11)23/h4-7,23-24H,1-3H3. The van der Waals surface area contributed by atoms with Crippen LogP contribution in [0.1, 0.15) is 21.7 Å². The van der Waals surface area contributed by atoms with Crippen molar-refractivity contribution < 1.29 is 15.0 Å². The Morgan fingerprint density at radius 3 is 2.33 bits per heavy atom. The number of hydrogen-bond acceptors (Lipinski definition) is 6. The number of aromatic nitrogens is 3. The van der Waals surface area contributed by atoms with Crippen molar-refractivity contribution in [2.45, 2.75) is 13.8 Å². The van der Waals surface area contributed by atoms with Crippen molar-refractivity contribution in [2.24, 2.45) is 17.3 Å². The lowest BCUT2D eigenvalue weighted by Crippen LogP contribution is -1.94. The average molecular weight is 325 g/mol. The Balaban J connectivity index is 1.94. The van der Waals surface area contributed by atoms with E-state index >= 15 is 0 Å². The Morgan fingerprint density at radius 2 is 1.67 bits per heavy atom. The van der Waals surface area contributed by atoms with Gasteiger partial charge < -0.3 is 10.2 Å². The lowest BCUT2D eigenvalue weighted by molar-refractivity contribution is 0.0995. The van der Waals surface area contributed by atoms with E-state index in [1.54, 1.807) is 26.0 Å². The third-order valence-corrected chi connectivity index (χ3v) is 3.58. The van der Waals surface area contributed by atoms with Crippen LogP contribution in [0.2, 0.25) is 0 Å². The van der Waals surface area contributed by atoms with Crippen LogP contribution in [0.15, 0.2) is 34.5 Å². The van der Waals surface area contributed by atoms with E-state index in [1.807, 2.05) is 0 Å². The molecule has 0 radical (unpaired) electrons. The molecule has 0 atom stereocenters. The van der Waals surface area contributed by atoms with Crippen LogP contribution in [0.3, 0.4) is 0 Å². The second-order valence-corrected chi connectivity index (χ2v) is 5.42. The molecule has 0 aliphatic carbocycles. The van der Waals surface area contributed by atoms with Crippen LogP contribution in [-0.4, -0.2) is 30.7 Å². The van der Waals surface area contributed by atoms with Crippen molar-refractivity contribution in [3.8, 4) is 11.8 Å². The number of aromatic hydroxyl groups is 2. The number of benzene rings is 1. The predicted molar refractivity (Wildman–Crippen MR) is 86.6 cm³/mol. The first kappa shape index (κ1) is 15.6. The molecule has 0 saturated heterocycles. The van der Waals surface area contributed by atoms with Gasteiger partial charge in [-0.1, -0.05) is 0 Å². The van der Waals surface area contributed by atoms with Gasteiger partial charge in [0.15, 0.2) is 0 Å². The fraction of sp³-hybridized carbons (Fsp3) is 0.188. The summed E-state index contributed by atoms with van der Waals surface area (Å²) in [6, 6.07) is 6.29. The highest BCUT2D eigenvalue weighted by Gasteiger charge is 2.15. The number of fused-ring (bicyclic) bond motifs is 1. The Hall–Kier alpha value is -3.29. The number of amides is 1. The molecule has 0 bridgehead atoms. The molecule has 3 rings (SSSR count). The van der Waals surface area contributed by atoms with Crippen molar-refractivity contribution in [1.29, 1.82) is 0 Å². The first-order valence-corrected chi connectivity index (χ1v) is 7.15. The average Bonchev–Trinajstić information content (AvgIpc) is 2.76. The van der Waals surface area contributed by atoms with Crippen LogP contribution in [0, 0.1) is 13.8 Å². The summed E-state index contributed by atoms with van der Waals surface area (Å²) in [5.74, 6) is -0.692. The molecular formula is C16H15N5O3. The van der Waals surface area contributed by atoms with Crippen molar-refractivity contribution >= 4 is 22.6 Å². The highest BCUT2D eigenvalue weighted by atomic mass is 16.3. The molecule has 0 aliphatic heterocycles. The molecule has 0 aliphatic rings. The summed E-state index contributed by atoms with van der Waals surface area (Å²) >= 11 is 0. The van der Waals surface area contributed by atoms with Crippen LogP contribution in [0.25, 0.3) is 10.8 Å². The van der Waals surface area contributed by atoms with Gasteiger partial charge in [0.25, 0.3) is 11.9 Å². The van der Waals surface area contributed by atoms with Crippen LogP contribution in [0.4, 0.5) is 5.95 Å². The third kappa shape index (κ3) is 2.69. The molecule has 1 aromatic carbocycles. The fourth-order valence-electron chi connectivity index (χ4n) is 2.42. The lowest BCUT2D eigenvalue weighted by atomic mass is 10.1. The van der Waals surface area contributed by atoms with Gasteiger partial charge in [-0.05, 0) is 38.1 Å². The van der Waals surface area contributed by atoms with Gasteiger partial charge >= 0.3 is 0 Å². The number of nitrogens with zero attached hydrogens (tertiary/aromatic N) is 5. The Bertz CT molecular complexity index is 971. The summed E-state index contributed by atoms with van der Waals surface area (Å²) in [5.41, 5.74) is 1.70.